The molecular formula is C14H18F2N2O2. The Morgan fingerprint density at radius 2 is 2.05 bits per heavy atom. The number of carbonyl (C=O) groups is 1. The first kappa shape index (κ1) is 16.2. The zero-order valence-electron chi connectivity index (χ0n) is 12.0. The van der Waals surface area contributed by atoms with Crippen LogP contribution in [0.3, 0.4) is 0 Å². The van der Waals surface area contributed by atoms with Crippen molar-refractivity contribution >= 4 is 5.97 Å². The number of hydrogen-bond donors (Lipinski definition) is 0. The van der Waals surface area contributed by atoms with Crippen molar-refractivity contribution in [2.75, 3.05) is 6.61 Å². The lowest BCUT2D eigenvalue weighted by Gasteiger charge is -2.09. The van der Waals surface area contributed by atoms with Gasteiger partial charge < -0.3 is 4.74 Å². The fourth-order valence-corrected chi connectivity index (χ4v) is 1.43. The average Bonchev–Trinajstić information content (AvgIpc) is 2.37. The second-order valence-electron chi connectivity index (χ2n) is 4.81. The van der Waals surface area contributed by atoms with Gasteiger partial charge in [0.15, 0.2) is 0 Å². The number of rotatable bonds is 5. The van der Waals surface area contributed by atoms with Gasteiger partial charge in [0, 0.05) is 18.5 Å². The van der Waals surface area contributed by atoms with Crippen LogP contribution in [0.2, 0.25) is 0 Å². The predicted molar refractivity (Wildman–Crippen MR) is 70.7 cm³/mol. The second kappa shape index (κ2) is 7.07. The Morgan fingerprint density at radius 1 is 1.40 bits per heavy atom. The second-order valence-corrected chi connectivity index (χ2v) is 4.81. The topological polar surface area (TPSA) is 52.1 Å². The number of esters is 1. The standard InChI is InChI=1S/C14H18F2N2O2/c1-8(2)13-17-7-11(10(4)18-13)14(19)20-6-5-9(3)12(15)16/h7-8H,5-6H2,1-4H3. The maximum absolute atomic E-state index is 12.2. The third-order valence-corrected chi connectivity index (χ3v) is 2.77. The van der Waals surface area contributed by atoms with Crippen LogP contribution in [0.5, 0.6) is 0 Å². The molecule has 0 spiro atoms. The Labute approximate surface area is 116 Å². The van der Waals surface area contributed by atoms with Gasteiger partial charge >= 0.3 is 5.97 Å². The minimum absolute atomic E-state index is 0.0120. The summed E-state index contributed by atoms with van der Waals surface area (Å²) in [7, 11) is 0. The average molecular weight is 284 g/mol. The molecule has 4 nitrogen and oxygen atoms in total. The molecule has 1 aromatic rings. The Balaban J connectivity index is 2.67. The first-order valence-corrected chi connectivity index (χ1v) is 6.34. The van der Waals surface area contributed by atoms with Gasteiger partial charge in [0.2, 0.25) is 0 Å². The van der Waals surface area contributed by atoms with Gasteiger partial charge in [-0.3, -0.25) is 0 Å². The number of halogens is 2. The van der Waals surface area contributed by atoms with E-state index < -0.39 is 12.0 Å². The summed E-state index contributed by atoms with van der Waals surface area (Å²) >= 11 is 0. The van der Waals surface area contributed by atoms with Gasteiger partial charge in [-0.2, -0.15) is 8.78 Å². The van der Waals surface area contributed by atoms with Gasteiger partial charge in [-0.25, -0.2) is 14.8 Å². The van der Waals surface area contributed by atoms with Crippen LogP contribution in [0.4, 0.5) is 8.78 Å². The number of ether oxygens (including phenoxy) is 1. The van der Waals surface area contributed by atoms with Crippen molar-refractivity contribution in [3.05, 3.63) is 34.9 Å². The molecule has 0 atom stereocenters. The third-order valence-electron chi connectivity index (χ3n) is 2.77. The van der Waals surface area contributed by atoms with E-state index in [2.05, 4.69) is 9.97 Å². The van der Waals surface area contributed by atoms with Gasteiger partial charge in [-0.05, 0) is 19.4 Å². The van der Waals surface area contributed by atoms with Crippen LogP contribution >= 0.6 is 0 Å². The van der Waals surface area contributed by atoms with Crippen molar-refractivity contribution in [3.8, 4) is 0 Å². The van der Waals surface area contributed by atoms with E-state index in [0.29, 0.717) is 11.5 Å². The summed E-state index contributed by atoms with van der Waals surface area (Å²) in [6, 6.07) is 0. The van der Waals surface area contributed by atoms with Crippen LogP contribution in [-0.4, -0.2) is 22.5 Å². The summed E-state index contributed by atoms with van der Waals surface area (Å²) in [6.45, 7) is 6.81. The van der Waals surface area contributed by atoms with Crippen LogP contribution in [0.25, 0.3) is 0 Å². The molecule has 1 aromatic heterocycles. The molecule has 0 fully saturated rings. The molecule has 1 rings (SSSR count). The molecule has 0 amide bonds. The molecule has 0 saturated heterocycles. The molecule has 0 aliphatic heterocycles. The molecule has 6 heteroatoms. The van der Waals surface area contributed by atoms with E-state index in [0.717, 1.165) is 0 Å². The van der Waals surface area contributed by atoms with Gasteiger partial charge in [0.1, 0.15) is 5.82 Å². The summed E-state index contributed by atoms with van der Waals surface area (Å²) in [5.41, 5.74) is 0.704. The summed E-state index contributed by atoms with van der Waals surface area (Å²) in [5.74, 6) is 0.223. The Hall–Kier alpha value is -1.85. The molecular weight excluding hydrogens is 266 g/mol. The fourth-order valence-electron chi connectivity index (χ4n) is 1.43. The molecule has 0 aromatic carbocycles. The first-order valence-electron chi connectivity index (χ1n) is 6.34. The van der Waals surface area contributed by atoms with E-state index in [9.17, 15) is 13.6 Å². The van der Waals surface area contributed by atoms with Crippen molar-refractivity contribution < 1.29 is 18.3 Å². The smallest absolute Gasteiger partial charge is 0.341 e. The highest BCUT2D eigenvalue weighted by Crippen LogP contribution is 2.14. The number of nitrogens with zero attached hydrogens (tertiary/aromatic N) is 2. The van der Waals surface area contributed by atoms with Gasteiger partial charge in [0.25, 0.3) is 6.08 Å². The molecule has 0 aliphatic rings. The normalized spacial score (nSPS) is 10.6. The van der Waals surface area contributed by atoms with Crippen molar-refractivity contribution in [1.82, 2.24) is 9.97 Å². The molecule has 0 unspecified atom stereocenters. The Bertz CT molecular complexity index is 524. The maximum atomic E-state index is 12.2. The van der Waals surface area contributed by atoms with E-state index in [1.54, 1.807) is 6.92 Å². The summed E-state index contributed by atoms with van der Waals surface area (Å²) in [5, 5.41) is 0. The SMILES string of the molecule is CC(CCOC(=O)c1cnc(C(C)C)nc1C)=C(F)F. The number of aryl methyl sites for hydroxylation is 1. The number of carbonyl (C=O) groups excluding carboxylic acids is 1. The van der Waals surface area contributed by atoms with E-state index >= 15 is 0 Å². The van der Waals surface area contributed by atoms with Gasteiger partial charge in [-0.1, -0.05) is 13.8 Å². The van der Waals surface area contributed by atoms with Gasteiger partial charge in [-0.15, -0.1) is 0 Å². The lowest BCUT2D eigenvalue weighted by molar-refractivity contribution is 0.0505. The highest BCUT2D eigenvalue weighted by molar-refractivity contribution is 5.90. The minimum Gasteiger partial charge on any atom is -0.462 e. The van der Waals surface area contributed by atoms with Crippen molar-refractivity contribution in [2.45, 2.75) is 40.0 Å². The molecule has 20 heavy (non-hydrogen) atoms. The highest BCUT2D eigenvalue weighted by Gasteiger charge is 2.14. The van der Waals surface area contributed by atoms with Crippen LogP contribution in [0, 0.1) is 6.92 Å². The minimum atomic E-state index is -1.73. The van der Waals surface area contributed by atoms with Crippen LogP contribution in [0.15, 0.2) is 17.9 Å². The summed E-state index contributed by atoms with van der Waals surface area (Å²) < 4.78 is 29.3. The number of hydrogen-bond acceptors (Lipinski definition) is 4. The zero-order valence-corrected chi connectivity index (χ0v) is 12.0. The molecule has 0 aliphatic carbocycles. The van der Waals surface area contributed by atoms with E-state index in [-0.39, 0.29) is 30.1 Å². The predicted octanol–water partition coefficient (Wildman–Crippen LogP) is 3.63. The van der Waals surface area contributed by atoms with Crippen molar-refractivity contribution in [3.63, 3.8) is 0 Å². The van der Waals surface area contributed by atoms with Crippen LogP contribution < -0.4 is 0 Å². The summed E-state index contributed by atoms with van der Waals surface area (Å²) in [6.07, 6.45) is -0.307. The van der Waals surface area contributed by atoms with Crippen LogP contribution in [0.1, 0.15) is 55.0 Å². The van der Waals surface area contributed by atoms with Crippen molar-refractivity contribution in [1.29, 1.82) is 0 Å². The van der Waals surface area contributed by atoms with E-state index in [1.807, 2.05) is 13.8 Å². The lowest BCUT2D eigenvalue weighted by Crippen LogP contribution is -2.12. The molecule has 0 bridgehead atoms. The molecule has 0 saturated carbocycles. The van der Waals surface area contributed by atoms with Gasteiger partial charge in [0.05, 0.1) is 17.9 Å². The molecule has 1 heterocycles. The maximum Gasteiger partial charge on any atom is 0.341 e. The van der Waals surface area contributed by atoms with E-state index in [4.69, 9.17) is 4.74 Å². The molecule has 110 valence electrons. The molecule has 0 N–H and O–H groups in total. The summed E-state index contributed by atoms with van der Waals surface area (Å²) in [4.78, 5) is 20.1. The monoisotopic (exact) mass is 284 g/mol. The van der Waals surface area contributed by atoms with Crippen molar-refractivity contribution in [2.24, 2.45) is 0 Å². The van der Waals surface area contributed by atoms with Crippen LogP contribution in [-0.2, 0) is 4.74 Å². The third kappa shape index (κ3) is 4.36. The highest BCUT2D eigenvalue weighted by atomic mass is 19.3. The first-order chi connectivity index (χ1) is 9.32. The zero-order chi connectivity index (χ0) is 15.3. The molecule has 0 radical (unpaired) electrons. The Kier molecular flexibility index (Phi) is 5.73. The van der Waals surface area contributed by atoms with E-state index in [1.165, 1.54) is 13.1 Å². The Morgan fingerprint density at radius 3 is 2.55 bits per heavy atom. The fraction of sp³-hybridized carbons (Fsp3) is 0.500. The lowest BCUT2D eigenvalue weighted by atomic mass is 10.2. The quantitative estimate of drug-likeness (QED) is 0.775. The largest absolute Gasteiger partial charge is 0.462 e. The number of aromatic nitrogens is 2.